The number of H-pyrrole nitrogens is 1. The Morgan fingerprint density at radius 3 is 2.35 bits per heavy atom. The second kappa shape index (κ2) is 9.39. The molecular formula is C24H34N6O. The van der Waals surface area contributed by atoms with E-state index < -0.39 is 0 Å². The summed E-state index contributed by atoms with van der Waals surface area (Å²) in [5.74, 6) is 3.01. The second-order valence-corrected chi connectivity index (χ2v) is 9.47. The molecule has 1 saturated carbocycles. The summed E-state index contributed by atoms with van der Waals surface area (Å²) >= 11 is 0. The van der Waals surface area contributed by atoms with Crippen LogP contribution in [0.1, 0.15) is 63.1 Å². The first-order chi connectivity index (χ1) is 15.2. The van der Waals surface area contributed by atoms with Gasteiger partial charge in [0.25, 0.3) is 0 Å². The number of carbonyl (C=O) groups is 1. The van der Waals surface area contributed by atoms with Crippen molar-refractivity contribution in [2.75, 3.05) is 38.0 Å². The molecule has 5 rings (SSSR count). The summed E-state index contributed by atoms with van der Waals surface area (Å²) in [5, 5.41) is 10.4. The van der Waals surface area contributed by atoms with Gasteiger partial charge in [0.15, 0.2) is 5.82 Å². The lowest BCUT2D eigenvalue weighted by molar-refractivity contribution is 0.155. The number of benzene rings is 1. The number of hydrogen-bond donors (Lipinski definition) is 2. The van der Waals surface area contributed by atoms with Crippen LogP contribution in [0, 0.1) is 5.92 Å². The van der Waals surface area contributed by atoms with E-state index in [4.69, 9.17) is 0 Å². The number of likely N-dealkylation sites (tertiary alicyclic amines) is 2. The van der Waals surface area contributed by atoms with Crippen molar-refractivity contribution in [3.8, 4) is 11.4 Å². The van der Waals surface area contributed by atoms with Crippen molar-refractivity contribution in [2.24, 2.45) is 5.92 Å². The van der Waals surface area contributed by atoms with Crippen LogP contribution >= 0.6 is 0 Å². The Hall–Kier alpha value is -2.41. The molecule has 7 heteroatoms. The molecule has 0 unspecified atom stereocenters. The minimum Gasteiger partial charge on any atom is -0.325 e. The number of hydrogen-bond acceptors (Lipinski definition) is 4. The van der Waals surface area contributed by atoms with Gasteiger partial charge in [0, 0.05) is 36.8 Å². The summed E-state index contributed by atoms with van der Waals surface area (Å²) < 4.78 is 0. The summed E-state index contributed by atoms with van der Waals surface area (Å²) in [6.07, 6.45) is 10.1. The molecule has 3 heterocycles. The zero-order chi connectivity index (χ0) is 21.0. The van der Waals surface area contributed by atoms with E-state index in [9.17, 15) is 4.79 Å². The van der Waals surface area contributed by atoms with Gasteiger partial charge in [0.05, 0.1) is 0 Å². The predicted molar refractivity (Wildman–Crippen MR) is 122 cm³/mol. The van der Waals surface area contributed by atoms with Gasteiger partial charge in [0.2, 0.25) is 0 Å². The van der Waals surface area contributed by atoms with Crippen LogP contribution in [0.15, 0.2) is 24.3 Å². The van der Waals surface area contributed by atoms with Crippen molar-refractivity contribution in [3.05, 3.63) is 30.1 Å². The lowest BCUT2D eigenvalue weighted by atomic mass is 9.96. The standard InChI is InChI=1S/C24H34N6O/c31-24(30-15-11-18(12-16-30)17-29-13-3-1-2-4-14-29)25-21-9-7-20(8-10-21)23-26-22(27-28-23)19-5-6-19/h7-10,18-19H,1-6,11-17H2,(H,25,31)(H,26,27,28). The lowest BCUT2D eigenvalue weighted by Crippen LogP contribution is -2.43. The van der Waals surface area contributed by atoms with Crippen molar-refractivity contribution < 1.29 is 4.79 Å². The topological polar surface area (TPSA) is 77.1 Å². The van der Waals surface area contributed by atoms with Crippen molar-refractivity contribution >= 4 is 11.7 Å². The number of nitrogens with one attached hydrogen (secondary N) is 2. The number of rotatable bonds is 5. The molecule has 1 aliphatic carbocycles. The molecule has 7 nitrogen and oxygen atoms in total. The first-order valence-electron chi connectivity index (χ1n) is 12.1. The Morgan fingerprint density at radius 1 is 0.968 bits per heavy atom. The van der Waals surface area contributed by atoms with Gasteiger partial charge >= 0.3 is 6.03 Å². The molecule has 31 heavy (non-hydrogen) atoms. The van der Waals surface area contributed by atoms with Crippen molar-refractivity contribution in [1.82, 2.24) is 25.0 Å². The Morgan fingerprint density at radius 2 is 1.68 bits per heavy atom. The van der Waals surface area contributed by atoms with Gasteiger partial charge in [0.1, 0.15) is 5.82 Å². The minimum atomic E-state index is 0.00915. The van der Waals surface area contributed by atoms with Gasteiger partial charge in [-0.3, -0.25) is 5.10 Å². The number of anilines is 1. The summed E-state index contributed by atoms with van der Waals surface area (Å²) in [6.45, 7) is 5.42. The number of amides is 2. The fourth-order valence-electron chi connectivity index (χ4n) is 4.85. The van der Waals surface area contributed by atoms with E-state index >= 15 is 0 Å². The van der Waals surface area contributed by atoms with E-state index in [2.05, 4.69) is 25.4 Å². The molecule has 0 atom stereocenters. The number of piperidine rings is 1. The van der Waals surface area contributed by atoms with E-state index in [0.717, 1.165) is 54.7 Å². The Bertz CT molecular complexity index is 858. The van der Waals surface area contributed by atoms with Crippen LogP contribution in [0.25, 0.3) is 11.4 Å². The number of nitrogens with zero attached hydrogens (tertiary/aromatic N) is 4. The molecule has 2 aromatic rings. The van der Waals surface area contributed by atoms with Gasteiger partial charge in [-0.15, -0.1) is 0 Å². The van der Waals surface area contributed by atoms with Crippen LogP contribution in [0.5, 0.6) is 0 Å². The highest BCUT2D eigenvalue weighted by Gasteiger charge is 2.27. The number of aromatic amines is 1. The molecule has 0 radical (unpaired) electrons. The third-order valence-corrected chi connectivity index (χ3v) is 6.98. The Kier molecular flexibility index (Phi) is 6.20. The monoisotopic (exact) mass is 422 g/mol. The normalized spacial score (nSPS) is 21.1. The molecule has 166 valence electrons. The number of carbonyl (C=O) groups excluding carboxylic acids is 1. The van der Waals surface area contributed by atoms with Gasteiger partial charge in [-0.05, 0) is 81.8 Å². The van der Waals surface area contributed by atoms with E-state index in [0.29, 0.717) is 5.92 Å². The van der Waals surface area contributed by atoms with Gasteiger partial charge in [-0.2, -0.15) is 5.10 Å². The number of urea groups is 1. The molecule has 2 saturated heterocycles. The Balaban J connectivity index is 1.09. The average Bonchev–Trinajstić information content (AvgIpc) is 3.58. The summed E-state index contributed by atoms with van der Waals surface area (Å²) in [4.78, 5) is 21.9. The SMILES string of the molecule is O=C(Nc1ccc(-c2n[nH]c(C3CC3)n2)cc1)N1CCC(CN2CCCCCC2)CC1. The van der Waals surface area contributed by atoms with Crippen LogP contribution in [-0.2, 0) is 0 Å². The third kappa shape index (κ3) is 5.26. The highest BCUT2D eigenvalue weighted by atomic mass is 16.2. The summed E-state index contributed by atoms with van der Waals surface area (Å²) in [6, 6.07) is 7.83. The molecule has 3 aliphatic rings. The van der Waals surface area contributed by atoms with E-state index in [1.807, 2.05) is 29.2 Å². The quantitative estimate of drug-likeness (QED) is 0.745. The largest absolute Gasteiger partial charge is 0.325 e. The maximum absolute atomic E-state index is 12.7. The highest BCUT2D eigenvalue weighted by Crippen LogP contribution is 2.38. The predicted octanol–water partition coefficient (Wildman–Crippen LogP) is 4.47. The molecule has 0 bridgehead atoms. The zero-order valence-corrected chi connectivity index (χ0v) is 18.4. The van der Waals surface area contributed by atoms with Crippen LogP contribution in [-0.4, -0.2) is 63.7 Å². The fourth-order valence-corrected chi connectivity index (χ4v) is 4.85. The van der Waals surface area contributed by atoms with Crippen LogP contribution < -0.4 is 5.32 Å². The molecule has 2 N–H and O–H groups in total. The van der Waals surface area contributed by atoms with E-state index in [1.165, 1.54) is 58.2 Å². The van der Waals surface area contributed by atoms with Gasteiger partial charge < -0.3 is 15.1 Å². The lowest BCUT2D eigenvalue weighted by Gasteiger charge is -2.34. The highest BCUT2D eigenvalue weighted by molar-refractivity contribution is 5.89. The van der Waals surface area contributed by atoms with Crippen LogP contribution in [0.2, 0.25) is 0 Å². The van der Waals surface area contributed by atoms with Crippen molar-refractivity contribution in [2.45, 2.75) is 57.3 Å². The van der Waals surface area contributed by atoms with E-state index in [-0.39, 0.29) is 6.03 Å². The molecule has 2 amide bonds. The third-order valence-electron chi connectivity index (χ3n) is 6.98. The maximum atomic E-state index is 12.7. The van der Waals surface area contributed by atoms with Gasteiger partial charge in [-0.25, -0.2) is 9.78 Å². The molecule has 1 aromatic heterocycles. The first-order valence-corrected chi connectivity index (χ1v) is 12.1. The molecule has 3 fully saturated rings. The second-order valence-electron chi connectivity index (χ2n) is 9.47. The van der Waals surface area contributed by atoms with Crippen molar-refractivity contribution in [1.29, 1.82) is 0 Å². The van der Waals surface area contributed by atoms with Gasteiger partial charge in [-0.1, -0.05) is 12.8 Å². The smallest absolute Gasteiger partial charge is 0.321 e. The summed E-state index contributed by atoms with van der Waals surface area (Å²) in [5.41, 5.74) is 1.79. The minimum absolute atomic E-state index is 0.00915. The summed E-state index contributed by atoms with van der Waals surface area (Å²) in [7, 11) is 0. The number of aromatic nitrogens is 3. The zero-order valence-electron chi connectivity index (χ0n) is 18.4. The van der Waals surface area contributed by atoms with E-state index in [1.54, 1.807) is 0 Å². The molecular weight excluding hydrogens is 388 g/mol. The Labute approximate surface area is 184 Å². The molecule has 2 aliphatic heterocycles. The van der Waals surface area contributed by atoms with Crippen LogP contribution in [0.3, 0.4) is 0 Å². The molecule has 0 spiro atoms. The van der Waals surface area contributed by atoms with Crippen molar-refractivity contribution in [3.63, 3.8) is 0 Å². The fraction of sp³-hybridized carbons (Fsp3) is 0.625. The average molecular weight is 423 g/mol. The molecule has 1 aromatic carbocycles. The van der Waals surface area contributed by atoms with Crippen LogP contribution in [0.4, 0.5) is 10.5 Å². The first kappa shape index (κ1) is 20.5. The maximum Gasteiger partial charge on any atom is 0.321 e.